The van der Waals surface area contributed by atoms with Crippen LogP contribution < -0.4 is 4.74 Å². The number of benzene rings is 3. The molecule has 0 atom stereocenters. The van der Waals surface area contributed by atoms with Crippen LogP contribution in [0.2, 0.25) is 5.02 Å². The molecule has 0 amide bonds. The van der Waals surface area contributed by atoms with Gasteiger partial charge >= 0.3 is 5.97 Å². The number of hydrogen-bond donors (Lipinski definition) is 1. The number of carbonyl (C=O) groups is 1. The van der Waals surface area contributed by atoms with Gasteiger partial charge in [-0.2, -0.15) is 5.10 Å². The Morgan fingerprint density at radius 2 is 1.77 bits per heavy atom. The van der Waals surface area contributed by atoms with Gasteiger partial charge in [0.15, 0.2) is 0 Å². The molecule has 0 saturated heterocycles. The minimum Gasteiger partial charge on any atom is -0.493 e. The van der Waals surface area contributed by atoms with Crippen LogP contribution in [0.15, 0.2) is 54.6 Å². The van der Waals surface area contributed by atoms with Gasteiger partial charge in [-0.3, -0.25) is 4.68 Å². The Labute approximate surface area is 240 Å². The first-order chi connectivity index (χ1) is 19.1. The lowest BCUT2D eigenvalue weighted by Crippen LogP contribution is -2.27. The average Bonchev–Trinajstić information content (AvgIpc) is 3.42. The van der Waals surface area contributed by atoms with Crippen molar-refractivity contribution in [1.82, 2.24) is 14.8 Å². The van der Waals surface area contributed by atoms with Gasteiger partial charge in [-0.25, -0.2) is 4.79 Å². The van der Waals surface area contributed by atoms with E-state index in [0.29, 0.717) is 30.2 Å². The van der Waals surface area contributed by atoms with Crippen LogP contribution >= 0.6 is 11.6 Å². The normalized spacial score (nSPS) is 11.9. The highest BCUT2D eigenvalue weighted by Gasteiger charge is 2.28. The number of esters is 1. The quantitative estimate of drug-likeness (QED) is 0.146. The average molecular weight is 558 g/mol. The third-order valence-corrected chi connectivity index (χ3v) is 8.11. The van der Waals surface area contributed by atoms with Crippen LogP contribution in [0.1, 0.15) is 61.1 Å². The van der Waals surface area contributed by atoms with E-state index in [4.69, 9.17) is 21.1 Å². The van der Waals surface area contributed by atoms with Crippen molar-refractivity contribution in [1.29, 1.82) is 0 Å². The molecule has 2 aromatic heterocycles. The molecule has 5 aromatic rings. The molecule has 3 aromatic carbocycles. The summed E-state index contributed by atoms with van der Waals surface area (Å²) in [5.74, 6) is 0.493. The fourth-order valence-corrected chi connectivity index (χ4v) is 5.49. The molecule has 40 heavy (non-hydrogen) atoms. The second-order valence-corrected chi connectivity index (χ2v) is 11.3. The minimum atomic E-state index is -0.583. The Hall–Kier alpha value is -3.77. The molecule has 0 radical (unpaired) electrons. The van der Waals surface area contributed by atoms with Crippen molar-refractivity contribution >= 4 is 39.2 Å². The maximum atomic E-state index is 13.5. The van der Waals surface area contributed by atoms with Crippen LogP contribution in [-0.2, 0) is 18.2 Å². The van der Waals surface area contributed by atoms with Crippen molar-refractivity contribution in [2.24, 2.45) is 7.05 Å². The number of fused-ring (bicyclic) bond motifs is 2. The zero-order valence-corrected chi connectivity index (χ0v) is 24.8. The first kappa shape index (κ1) is 27.8. The van der Waals surface area contributed by atoms with E-state index in [0.717, 1.165) is 61.9 Å². The molecule has 208 valence electrons. The molecule has 7 heteroatoms. The van der Waals surface area contributed by atoms with Gasteiger partial charge in [0, 0.05) is 34.6 Å². The van der Waals surface area contributed by atoms with Crippen molar-refractivity contribution in [2.75, 3.05) is 6.61 Å². The van der Waals surface area contributed by atoms with Gasteiger partial charge in [0.2, 0.25) is 0 Å². The van der Waals surface area contributed by atoms with E-state index in [2.05, 4.69) is 28.3 Å². The molecule has 6 nitrogen and oxygen atoms in total. The molecule has 5 rings (SSSR count). The fraction of sp³-hybridized carbons (Fsp3) is 0.333. The largest absolute Gasteiger partial charge is 0.493 e. The molecule has 0 saturated carbocycles. The third-order valence-electron chi connectivity index (χ3n) is 7.79. The molecular formula is C33H36ClN3O3. The number of aromatic amines is 1. The lowest BCUT2D eigenvalue weighted by molar-refractivity contribution is -0.00310. The van der Waals surface area contributed by atoms with Crippen LogP contribution in [0, 0.1) is 13.8 Å². The number of rotatable bonds is 9. The summed E-state index contributed by atoms with van der Waals surface area (Å²) in [5, 5.41) is 8.39. The molecule has 1 N–H and O–H groups in total. The van der Waals surface area contributed by atoms with Crippen LogP contribution in [-0.4, -0.2) is 32.9 Å². The summed E-state index contributed by atoms with van der Waals surface area (Å²) in [6, 6.07) is 18.2. The fourth-order valence-electron chi connectivity index (χ4n) is 5.23. The molecular weight excluding hydrogens is 522 g/mol. The first-order valence-electron chi connectivity index (χ1n) is 13.8. The summed E-state index contributed by atoms with van der Waals surface area (Å²) in [7, 11) is 1.92. The zero-order chi connectivity index (χ0) is 28.6. The van der Waals surface area contributed by atoms with E-state index < -0.39 is 5.60 Å². The van der Waals surface area contributed by atoms with E-state index in [9.17, 15) is 4.79 Å². The van der Waals surface area contributed by atoms with E-state index in [1.165, 1.54) is 0 Å². The molecule has 0 aliphatic carbocycles. The summed E-state index contributed by atoms with van der Waals surface area (Å²) in [6.45, 7) is 10.4. The highest BCUT2D eigenvalue weighted by atomic mass is 35.5. The number of aromatic nitrogens is 3. The summed E-state index contributed by atoms with van der Waals surface area (Å²) in [5.41, 5.74) is 5.31. The Morgan fingerprint density at radius 1 is 1.02 bits per heavy atom. The summed E-state index contributed by atoms with van der Waals surface area (Å²) >= 11 is 6.81. The Kier molecular flexibility index (Phi) is 7.65. The third kappa shape index (κ3) is 5.20. The lowest BCUT2D eigenvalue weighted by Gasteiger charge is -2.23. The second kappa shape index (κ2) is 11.0. The SMILES string of the molecule is CCC(C)(C)OC(=O)c1[nH]c2c(-c3c(C)nn(C)c3C)c(Cl)ccc2c1CCCOc1cccc2ccccc12. The Bertz CT molecular complexity index is 1710. The number of carbonyl (C=O) groups excluding carboxylic acids is 1. The highest BCUT2D eigenvalue weighted by Crippen LogP contribution is 2.40. The summed E-state index contributed by atoms with van der Waals surface area (Å²) in [4.78, 5) is 17.0. The van der Waals surface area contributed by atoms with E-state index in [1.807, 2.05) is 82.7 Å². The number of halogens is 1. The zero-order valence-electron chi connectivity index (χ0n) is 24.0. The van der Waals surface area contributed by atoms with Crippen molar-refractivity contribution in [2.45, 2.75) is 59.5 Å². The number of nitrogens with one attached hydrogen (secondary N) is 1. The summed E-state index contributed by atoms with van der Waals surface area (Å²) < 4.78 is 14.0. The second-order valence-electron chi connectivity index (χ2n) is 10.9. The van der Waals surface area contributed by atoms with Crippen LogP contribution in [0.3, 0.4) is 0 Å². The van der Waals surface area contributed by atoms with Crippen molar-refractivity contribution < 1.29 is 14.3 Å². The monoisotopic (exact) mass is 557 g/mol. The number of hydrogen-bond acceptors (Lipinski definition) is 4. The molecule has 0 spiro atoms. The van der Waals surface area contributed by atoms with Crippen molar-refractivity contribution in [3.8, 4) is 16.9 Å². The van der Waals surface area contributed by atoms with Crippen LogP contribution in [0.25, 0.3) is 32.8 Å². The van der Waals surface area contributed by atoms with Gasteiger partial charge in [0.05, 0.1) is 22.8 Å². The number of ether oxygens (including phenoxy) is 2. The number of H-pyrrole nitrogens is 1. The van der Waals surface area contributed by atoms with E-state index in [1.54, 1.807) is 0 Å². The number of nitrogens with zero attached hydrogens (tertiary/aromatic N) is 2. The Morgan fingerprint density at radius 3 is 2.50 bits per heavy atom. The molecule has 0 aliphatic heterocycles. The minimum absolute atomic E-state index is 0.366. The van der Waals surface area contributed by atoms with Gasteiger partial charge in [0.25, 0.3) is 0 Å². The highest BCUT2D eigenvalue weighted by molar-refractivity contribution is 6.35. The van der Waals surface area contributed by atoms with Crippen molar-refractivity contribution in [3.63, 3.8) is 0 Å². The first-order valence-corrected chi connectivity index (χ1v) is 14.2. The lowest BCUT2D eigenvalue weighted by atomic mass is 9.98. The standard InChI is InChI=1S/C33H36ClN3O3/c1-7-33(4,5)40-32(38)31-24(15-11-19-39-27-16-10-13-22-12-8-9-14-23(22)27)25-17-18-26(34)29(30(25)35-31)28-20(2)36-37(6)21(28)3/h8-10,12-14,16-18,35H,7,11,15,19H2,1-6H3. The predicted octanol–water partition coefficient (Wildman–Crippen LogP) is 8.35. The molecule has 0 bridgehead atoms. The Balaban J connectivity index is 1.52. The predicted molar refractivity (Wildman–Crippen MR) is 163 cm³/mol. The van der Waals surface area contributed by atoms with E-state index >= 15 is 0 Å². The van der Waals surface area contributed by atoms with Gasteiger partial charge in [-0.05, 0) is 70.0 Å². The van der Waals surface area contributed by atoms with Crippen molar-refractivity contribution in [3.05, 3.63) is 82.3 Å². The molecule has 0 unspecified atom stereocenters. The van der Waals surface area contributed by atoms with E-state index in [-0.39, 0.29) is 5.97 Å². The summed E-state index contributed by atoms with van der Waals surface area (Å²) in [6.07, 6.45) is 2.06. The van der Waals surface area contributed by atoms with Gasteiger partial charge in [-0.15, -0.1) is 0 Å². The van der Waals surface area contributed by atoms with Crippen LogP contribution in [0.5, 0.6) is 5.75 Å². The number of aryl methyl sites for hydroxylation is 3. The molecule has 0 aliphatic rings. The molecule has 0 fully saturated rings. The van der Waals surface area contributed by atoms with Gasteiger partial charge in [-0.1, -0.05) is 61.0 Å². The van der Waals surface area contributed by atoms with Gasteiger partial charge in [0.1, 0.15) is 17.0 Å². The van der Waals surface area contributed by atoms with Crippen LogP contribution in [0.4, 0.5) is 0 Å². The smallest absolute Gasteiger partial charge is 0.355 e. The maximum Gasteiger partial charge on any atom is 0.355 e. The molecule has 2 heterocycles. The maximum absolute atomic E-state index is 13.5. The van der Waals surface area contributed by atoms with Gasteiger partial charge < -0.3 is 14.5 Å². The topological polar surface area (TPSA) is 69.1 Å².